The lowest BCUT2D eigenvalue weighted by molar-refractivity contribution is 0.0473. The van der Waals surface area contributed by atoms with Crippen LogP contribution in [0.25, 0.3) is 11.2 Å². The van der Waals surface area contributed by atoms with E-state index in [0.29, 0.717) is 29.5 Å². The molecule has 0 aliphatic carbocycles. The summed E-state index contributed by atoms with van der Waals surface area (Å²) in [4.78, 5) is 26.9. The highest BCUT2D eigenvalue weighted by Crippen LogP contribution is 2.32. The number of nitrogens with zero attached hydrogens (tertiary/aromatic N) is 4. The van der Waals surface area contributed by atoms with E-state index in [4.69, 9.17) is 9.15 Å². The lowest BCUT2D eigenvalue weighted by Gasteiger charge is -2.25. The molecule has 23 heavy (non-hydrogen) atoms. The first-order valence-electron chi connectivity index (χ1n) is 7.88. The average Bonchev–Trinajstić information content (AvgIpc) is 2.96. The summed E-state index contributed by atoms with van der Waals surface area (Å²) in [5.41, 5.74) is 0.843. The summed E-state index contributed by atoms with van der Waals surface area (Å²) in [6.07, 6.45) is 2.24. The minimum atomic E-state index is -0.382. The zero-order chi connectivity index (χ0) is 16.0. The molecule has 2 fully saturated rings. The number of alkyl carbamates (subject to hydrolysis) is 1. The second-order valence-corrected chi connectivity index (χ2v) is 6.25. The Labute approximate surface area is 133 Å². The Morgan fingerprint density at radius 1 is 1.17 bits per heavy atom. The molecule has 0 bridgehead atoms. The Kier molecular flexibility index (Phi) is 3.14. The number of anilines is 1. The summed E-state index contributed by atoms with van der Waals surface area (Å²) in [6, 6.07) is 0. The molecule has 122 valence electrons. The molecule has 1 N–H and O–H groups in total. The van der Waals surface area contributed by atoms with Gasteiger partial charge in [-0.15, -0.1) is 0 Å². The minimum absolute atomic E-state index is 0.314. The largest absolute Gasteiger partial charge is 0.441 e. The summed E-state index contributed by atoms with van der Waals surface area (Å²) in [6.45, 7) is 5.84. The third kappa shape index (κ3) is 2.47. The number of aryl methyl sites for hydroxylation is 2. The van der Waals surface area contributed by atoms with Gasteiger partial charge in [-0.25, -0.2) is 14.8 Å². The van der Waals surface area contributed by atoms with Crippen LogP contribution in [0.5, 0.6) is 0 Å². The van der Waals surface area contributed by atoms with E-state index in [9.17, 15) is 4.79 Å². The lowest BCUT2D eigenvalue weighted by Crippen LogP contribution is -2.35. The Morgan fingerprint density at radius 3 is 2.83 bits per heavy atom. The molecule has 0 saturated carbocycles. The number of amides is 1. The first-order valence-corrected chi connectivity index (χ1v) is 7.88. The third-order valence-corrected chi connectivity index (χ3v) is 4.52. The van der Waals surface area contributed by atoms with Crippen LogP contribution < -0.4 is 10.2 Å². The normalized spacial score (nSPS) is 24.8. The topological polar surface area (TPSA) is 93.4 Å². The van der Waals surface area contributed by atoms with Gasteiger partial charge in [0.05, 0.1) is 6.54 Å². The second kappa shape index (κ2) is 5.07. The average molecular weight is 317 g/mol. The van der Waals surface area contributed by atoms with Crippen LogP contribution in [-0.2, 0) is 4.74 Å². The van der Waals surface area contributed by atoms with Gasteiger partial charge in [0, 0.05) is 26.4 Å². The van der Waals surface area contributed by atoms with Crippen molar-refractivity contribution in [3.8, 4) is 0 Å². The molecule has 1 spiro atoms. The van der Waals surface area contributed by atoms with Crippen LogP contribution in [-0.4, -0.2) is 46.3 Å². The monoisotopic (exact) mass is 317 g/mol. The van der Waals surface area contributed by atoms with E-state index in [1.165, 1.54) is 0 Å². The van der Waals surface area contributed by atoms with E-state index in [-0.39, 0.29) is 11.7 Å². The number of oxazole rings is 1. The molecule has 2 aliphatic heterocycles. The van der Waals surface area contributed by atoms with Crippen LogP contribution >= 0.6 is 0 Å². The molecule has 8 nitrogen and oxygen atoms in total. The van der Waals surface area contributed by atoms with Crippen molar-refractivity contribution >= 4 is 23.1 Å². The highest BCUT2D eigenvalue weighted by molar-refractivity contribution is 5.82. The van der Waals surface area contributed by atoms with Gasteiger partial charge < -0.3 is 19.4 Å². The molecule has 2 saturated heterocycles. The molecular formula is C15H19N5O3. The first-order chi connectivity index (χ1) is 11.0. The van der Waals surface area contributed by atoms with Crippen molar-refractivity contribution in [1.29, 1.82) is 0 Å². The highest BCUT2D eigenvalue weighted by Gasteiger charge is 2.41. The number of ether oxygens (including phenoxy) is 1. The molecule has 1 atom stereocenters. The SMILES string of the molecule is Cc1nc(N2CCC[C@@]3(CC2)CNC(=O)O3)c2nc(C)oc2n1. The molecule has 2 aromatic heterocycles. The van der Waals surface area contributed by atoms with E-state index in [0.717, 1.165) is 38.2 Å². The molecule has 2 aliphatic rings. The van der Waals surface area contributed by atoms with Gasteiger partial charge in [-0.1, -0.05) is 0 Å². The zero-order valence-electron chi connectivity index (χ0n) is 13.3. The molecule has 1 amide bonds. The number of carbonyl (C=O) groups is 1. The molecule has 8 heteroatoms. The number of aromatic nitrogens is 3. The van der Waals surface area contributed by atoms with Gasteiger partial charge in [-0.05, 0) is 19.8 Å². The third-order valence-electron chi connectivity index (χ3n) is 4.52. The number of hydrogen-bond acceptors (Lipinski definition) is 7. The van der Waals surface area contributed by atoms with Gasteiger partial charge in [0.25, 0.3) is 5.71 Å². The first kappa shape index (κ1) is 14.2. The Balaban J connectivity index is 1.65. The van der Waals surface area contributed by atoms with E-state index < -0.39 is 0 Å². The van der Waals surface area contributed by atoms with E-state index in [1.54, 1.807) is 0 Å². The smallest absolute Gasteiger partial charge is 0.407 e. The lowest BCUT2D eigenvalue weighted by atomic mass is 9.95. The molecule has 4 heterocycles. The van der Waals surface area contributed by atoms with Gasteiger partial charge >= 0.3 is 6.09 Å². The number of rotatable bonds is 1. The van der Waals surface area contributed by atoms with Crippen molar-refractivity contribution in [3.05, 3.63) is 11.7 Å². The maximum Gasteiger partial charge on any atom is 0.407 e. The van der Waals surface area contributed by atoms with Crippen molar-refractivity contribution < 1.29 is 13.9 Å². The second-order valence-electron chi connectivity index (χ2n) is 6.25. The van der Waals surface area contributed by atoms with Crippen molar-refractivity contribution in [1.82, 2.24) is 20.3 Å². The number of hydrogen-bond donors (Lipinski definition) is 1. The summed E-state index contributed by atoms with van der Waals surface area (Å²) >= 11 is 0. The van der Waals surface area contributed by atoms with Gasteiger partial charge in [0.1, 0.15) is 11.4 Å². The number of nitrogens with one attached hydrogen (secondary N) is 1. The van der Waals surface area contributed by atoms with Crippen LogP contribution in [0.3, 0.4) is 0 Å². The standard InChI is InChI=1S/C15H19N5O3/c1-9-17-12(11-13(18-9)22-10(2)19-11)20-6-3-4-15(5-7-20)8-16-14(21)23-15/h3-8H2,1-2H3,(H,16,21)/t15-/m1/s1. The van der Waals surface area contributed by atoms with Gasteiger partial charge in [-0.2, -0.15) is 4.98 Å². The summed E-state index contributed by atoms with van der Waals surface area (Å²) in [5.74, 6) is 2.05. The highest BCUT2D eigenvalue weighted by atomic mass is 16.6. The van der Waals surface area contributed by atoms with Crippen LogP contribution in [0.4, 0.5) is 10.6 Å². The van der Waals surface area contributed by atoms with Gasteiger partial charge in [0.15, 0.2) is 17.2 Å². The fourth-order valence-electron chi connectivity index (χ4n) is 3.40. The molecule has 4 rings (SSSR count). The Bertz CT molecular complexity index is 774. The number of carbonyl (C=O) groups excluding carboxylic acids is 1. The van der Waals surface area contributed by atoms with Crippen LogP contribution in [0.1, 0.15) is 31.0 Å². The summed E-state index contributed by atoms with van der Waals surface area (Å²) in [5, 5.41) is 2.77. The fourth-order valence-corrected chi connectivity index (χ4v) is 3.40. The number of fused-ring (bicyclic) bond motifs is 1. The van der Waals surface area contributed by atoms with Crippen LogP contribution in [0.15, 0.2) is 4.42 Å². The minimum Gasteiger partial charge on any atom is -0.441 e. The van der Waals surface area contributed by atoms with Crippen molar-refractivity contribution in [2.45, 2.75) is 38.7 Å². The van der Waals surface area contributed by atoms with Crippen LogP contribution in [0.2, 0.25) is 0 Å². The summed E-state index contributed by atoms with van der Waals surface area (Å²) < 4.78 is 11.1. The van der Waals surface area contributed by atoms with E-state index in [1.807, 2.05) is 13.8 Å². The van der Waals surface area contributed by atoms with E-state index >= 15 is 0 Å². The molecule has 0 radical (unpaired) electrons. The molecule has 0 unspecified atom stereocenters. The zero-order valence-corrected chi connectivity index (χ0v) is 13.3. The van der Waals surface area contributed by atoms with Crippen molar-refractivity contribution in [2.75, 3.05) is 24.5 Å². The maximum atomic E-state index is 11.4. The quantitative estimate of drug-likeness (QED) is 0.855. The molecule has 2 aromatic rings. The molecule has 0 aromatic carbocycles. The Morgan fingerprint density at radius 2 is 2.04 bits per heavy atom. The van der Waals surface area contributed by atoms with Crippen molar-refractivity contribution in [2.24, 2.45) is 0 Å². The predicted octanol–water partition coefficient (Wildman–Crippen LogP) is 1.70. The predicted molar refractivity (Wildman–Crippen MR) is 82.4 cm³/mol. The van der Waals surface area contributed by atoms with Gasteiger partial charge in [-0.3, -0.25) is 0 Å². The fraction of sp³-hybridized carbons (Fsp3) is 0.600. The van der Waals surface area contributed by atoms with Crippen molar-refractivity contribution in [3.63, 3.8) is 0 Å². The van der Waals surface area contributed by atoms with E-state index in [2.05, 4.69) is 25.2 Å². The van der Waals surface area contributed by atoms with Gasteiger partial charge in [0.2, 0.25) is 0 Å². The Hall–Kier alpha value is -2.38. The maximum absolute atomic E-state index is 11.4. The van der Waals surface area contributed by atoms with Crippen LogP contribution in [0, 0.1) is 13.8 Å². The summed E-state index contributed by atoms with van der Waals surface area (Å²) in [7, 11) is 0. The molecular weight excluding hydrogens is 298 g/mol.